The molecule has 0 radical (unpaired) electrons. The molecular weight excluding hydrogens is 292 g/mol. The highest BCUT2D eigenvalue weighted by molar-refractivity contribution is 5.79. The Balaban J connectivity index is 2.66. The molecule has 1 aliphatic rings. The summed E-state index contributed by atoms with van der Waals surface area (Å²) in [6.45, 7) is 11.3. The summed E-state index contributed by atoms with van der Waals surface area (Å²) >= 11 is 0. The van der Waals surface area contributed by atoms with Gasteiger partial charge in [0.05, 0.1) is 12.3 Å². The lowest BCUT2D eigenvalue weighted by molar-refractivity contribution is -0.168. The van der Waals surface area contributed by atoms with Gasteiger partial charge in [-0.3, -0.25) is 9.59 Å². The molecule has 132 valence electrons. The zero-order valence-corrected chi connectivity index (χ0v) is 15.1. The molecule has 4 heteroatoms. The third-order valence-corrected chi connectivity index (χ3v) is 5.11. The van der Waals surface area contributed by atoms with Gasteiger partial charge in [-0.05, 0) is 56.8 Å². The number of hydrogen-bond acceptors (Lipinski definition) is 3. The number of aliphatic carboxylic acids is 1. The quantitative estimate of drug-likeness (QED) is 0.403. The Morgan fingerprint density at radius 2 is 2.09 bits per heavy atom. The van der Waals surface area contributed by atoms with Crippen molar-refractivity contribution in [2.75, 3.05) is 0 Å². The van der Waals surface area contributed by atoms with E-state index in [2.05, 4.69) is 6.58 Å². The Kier molecular flexibility index (Phi) is 6.84. The number of rotatable bonds is 8. The standard InChI is InChI=1S/C19H32O4/c1-6-7-8-10-14-11-9-12-19(14,5)23-16(20)13-15(17(21)22)18(2,3)4/h6,14-15H,1,7-13H2,2-5H3,(H,21,22)/t14-,15-,19-/m1/s1. The van der Waals surface area contributed by atoms with Gasteiger partial charge in [-0.15, -0.1) is 6.58 Å². The lowest BCUT2D eigenvalue weighted by atomic mass is 9.79. The van der Waals surface area contributed by atoms with E-state index in [9.17, 15) is 14.7 Å². The summed E-state index contributed by atoms with van der Waals surface area (Å²) in [5.74, 6) is -1.68. The van der Waals surface area contributed by atoms with Gasteiger partial charge in [0.15, 0.2) is 0 Å². The zero-order valence-electron chi connectivity index (χ0n) is 15.1. The molecule has 4 nitrogen and oxygen atoms in total. The van der Waals surface area contributed by atoms with Crippen LogP contribution in [0.3, 0.4) is 0 Å². The summed E-state index contributed by atoms with van der Waals surface area (Å²) in [5, 5.41) is 9.36. The molecule has 3 atom stereocenters. The second-order valence-electron chi connectivity index (χ2n) is 8.06. The number of ether oxygens (including phenoxy) is 1. The van der Waals surface area contributed by atoms with Gasteiger partial charge in [0, 0.05) is 0 Å². The Morgan fingerprint density at radius 3 is 2.61 bits per heavy atom. The lowest BCUT2D eigenvalue weighted by Crippen LogP contribution is -2.38. The maximum atomic E-state index is 12.3. The van der Waals surface area contributed by atoms with Gasteiger partial charge < -0.3 is 9.84 Å². The van der Waals surface area contributed by atoms with Crippen molar-refractivity contribution in [1.82, 2.24) is 0 Å². The molecule has 0 saturated heterocycles. The van der Waals surface area contributed by atoms with E-state index in [0.29, 0.717) is 5.92 Å². The predicted molar refractivity (Wildman–Crippen MR) is 91.1 cm³/mol. The van der Waals surface area contributed by atoms with E-state index in [-0.39, 0.29) is 12.4 Å². The number of carboxylic acids is 1. The van der Waals surface area contributed by atoms with Crippen LogP contribution in [-0.2, 0) is 14.3 Å². The van der Waals surface area contributed by atoms with Gasteiger partial charge in [-0.2, -0.15) is 0 Å². The maximum Gasteiger partial charge on any atom is 0.307 e. The molecular formula is C19H32O4. The zero-order chi connectivity index (χ0) is 17.7. The Hall–Kier alpha value is -1.32. The number of esters is 1. The minimum atomic E-state index is -0.937. The van der Waals surface area contributed by atoms with Crippen molar-refractivity contribution in [3.05, 3.63) is 12.7 Å². The van der Waals surface area contributed by atoms with Crippen molar-refractivity contribution >= 4 is 11.9 Å². The fraction of sp³-hybridized carbons (Fsp3) is 0.789. The number of carboxylic acid groups (broad SMARTS) is 1. The van der Waals surface area contributed by atoms with Crippen LogP contribution in [0, 0.1) is 17.3 Å². The molecule has 1 saturated carbocycles. The second kappa shape index (κ2) is 7.98. The Bertz CT molecular complexity index is 435. The van der Waals surface area contributed by atoms with Crippen LogP contribution in [0.2, 0.25) is 0 Å². The number of carbonyl (C=O) groups is 2. The van der Waals surface area contributed by atoms with Gasteiger partial charge in [0.2, 0.25) is 0 Å². The van der Waals surface area contributed by atoms with E-state index < -0.39 is 22.9 Å². The first-order valence-corrected chi connectivity index (χ1v) is 8.65. The summed E-state index contributed by atoms with van der Waals surface area (Å²) in [6, 6.07) is 0. The van der Waals surface area contributed by atoms with Crippen molar-refractivity contribution in [3.63, 3.8) is 0 Å². The minimum Gasteiger partial charge on any atom is -0.481 e. The fourth-order valence-corrected chi connectivity index (χ4v) is 3.53. The van der Waals surface area contributed by atoms with Crippen LogP contribution in [0.5, 0.6) is 0 Å². The predicted octanol–water partition coefficient (Wildman–Crippen LogP) is 4.58. The first-order chi connectivity index (χ1) is 10.6. The van der Waals surface area contributed by atoms with Crippen LogP contribution in [0.15, 0.2) is 12.7 Å². The van der Waals surface area contributed by atoms with Gasteiger partial charge in [0.1, 0.15) is 5.60 Å². The molecule has 0 aliphatic heterocycles. The van der Waals surface area contributed by atoms with E-state index >= 15 is 0 Å². The molecule has 23 heavy (non-hydrogen) atoms. The molecule has 1 rings (SSSR count). The van der Waals surface area contributed by atoms with E-state index in [0.717, 1.165) is 38.5 Å². The summed E-state index contributed by atoms with van der Waals surface area (Å²) in [5.41, 5.74) is -0.913. The Morgan fingerprint density at radius 1 is 1.43 bits per heavy atom. The van der Waals surface area contributed by atoms with Crippen molar-refractivity contribution in [1.29, 1.82) is 0 Å². The largest absolute Gasteiger partial charge is 0.481 e. The molecule has 0 amide bonds. The minimum absolute atomic E-state index is 0.0617. The monoisotopic (exact) mass is 324 g/mol. The highest BCUT2D eigenvalue weighted by atomic mass is 16.6. The fourth-order valence-electron chi connectivity index (χ4n) is 3.53. The maximum absolute atomic E-state index is 12.3. The Labute approximate surface area is 140 Å². The number of carbonyl (C=O) groups excluding carboxylic acids is 1. The lowest BCUT2D eigenvalue weighted by Gasteiger charge is -2.33. The first kappa shape index (κ1) is 19.7. The van der Waals surface area contributed by atoms with Crippen LogP contribution in [-0.4, -0.2) is 22.6 Å². The van der Waals surface area contributed by atoms with Crippen molar-refractivity contribution in [3.8, 4) is 0 Å². The van der Waals surface area contributed by atoms with E-state index in [1.54, 1.807) is 0 Å². The number of hydrogen-bond donors (Lipinski definition) is 1. The average molecular weight is 324 g/mol. The summed E-state index contributed by atoms with van der Waals surface area (Å²) < 4.78 is 5.79. The smallest absolute Gasteiger partial charge is 0.307 e. The van der Waals surface area contributed by atoms with Crippen LogP contribution >= 0.6 is 0 Å². The SMILES string of the molecule is C=CCCC[C@@H]1CCC[C@@]1(C)OC(=O)C[C@H](C(=O)O)C(C)(C)C. The molecule has 0 spiro atoms. The van der Waals surface area contributed by atoms with Crippen molar-refractivity contribution < 1.29 is 19.4 Å². The van der Waals surface area contributed by atoms with Crippen LogP contribution in [0.4, 0.5) is 0 Å². The summed E-state index contributed by atoms with van der Waals surface area (Å²) in [6.07, 6.45) is 7.91. The van der Waals surface area contributed by atoms with Crippen LogP contribution in [0.25, 0.3) is 0 Å². The highest BCUT2D eigenvalue weighted by Gasteiger charge is 2.43. The molecule has 1 aliphatic carbocycles. The highest BCUT2D eigenvalue weighted by Crippen LogP contribution is 2.42. The summed E-state index contributed by atoms with van der Waals surface area (Å²) in [7, 11) is 0. The molecule has 1 fully saturated rings. The molecule has 1 N–H and O–H groups in total. The molecule has 0 bridgehead atoms. The average Bonchev–Trinajstić information content (AvgIpc) is 2.76. The molecule has 0 aromatic rings. The molecule has 0 aromatic heterocycles. The van der Waals surface area contributed by atoms with Gasteiger partial charge in [0.25, 0.3) is 0 Å². The van der Waals surface area contributed by atoms with Gasteiger partial charge in [-0.25, -0.2) is 0 Å². The van der Waals surface area contributed by atoms with Crippen LogP contribution in [0.1, 0.15) is 72.6 Å². The molecule has 0 aromatic carbocycles. The second-order valence-corrected chi connectivity index (χ2v) is 8.06. The van der Waals surface area contributed by atoms with Crippen molar-refractivity contribution in [2.24, 2.45) is 17.3 Å². The van der Waals surface area contributed by atoms with Gasteiger partial charge >= 0.3 is 11.9 Å². The topological polar surface area (TPSA) is 63.6 Å². The van der Waals surface area contributed by atoms with E-state index in [4.69, 9.17) is 4.74 Å². The van der Waals surface area contributed by atoms with Crippen molar-refractivity contribution in [2.45, 2.75) is 78.2 Å². The van der Waals surface area contributed by atoms with E-state index in [1.807, 2.05) is 33.8 Å². The first-order valence-electron chi connectivity index (χ1n) is 8.65. The van der Waals surface area contributed by atoms with E-state index in [1.165, 1.54) is 0 Å². The normalized spacial score (nSPS) is 25.8. The number of unbranched alkanes of at least 4 members (excludes halogenated alkanes) is 1. The molecule has 0 heterocycles. The van der Waals surface area contributed by atoms with Crippen LogP contribution < -0.4 is 0 Å². The third kappa shape index (κ3) is 5.67. The van der Waals surface area contributed by atoms with Gasteiger partial charge in [-0.1, -0.05) is 26.8 Å². The third-order valence-electron chi connectivity index (χ3n) is 5.11. The molecule has 0 unspecified atom stereocenters. The number of allylic oxidation sites excluding steroid dienone is 1. The summed E-state index contributed by atoms with van der Waals surface area (Å²) in [4.78, 5) is 23.8.